The molecule has 1 saturated heterocycles. The summed E-state index contributed by atoms with van der Waals surface area (Å²) in [5, 5.41) is 19.4. The molecule has 3 heteroatoms. The Bertz CT molecular complexity index is 363. The standard InChI is InChI=1S/C15H23NO2/c1-12-4-6-14(7-5-12)15(18)10-16-8-2-3-13(9-16)11-17/h4-7,13,15,17-18H,2-3,8-11H2,1H3. The van der Waals surface area contributed by atoms with E-state index in [1.165, 1.54) is 5.56 Å². The molecule has 1 heterocycles. The lowest BCUT2D eigenvalue weighted by molar-refractivity contribution is 0.0678. The summed E-state index contributed by atoms with van der Waals surface area (Å²) in [7, 11) is 0. The van der Waals surface area contributed by atoms with Gasteiger partial charge >= 0.3 is 0 Å². The molecule has 2 unspecified atom stereocenters. The van der Waals surface area contributed by atoms with Gasteiger partial charge in [0.05, 0.1) is 6.10 Å². The molecular formula is C15H23NO2. The van der Waals surface area contributed by atoms with Crippen LogP contribution in [0.4, 0.5) is 0 Å². The van der Waals surface area contributed by atoms with Gasteiger partial charge in [-0.25, -0.2) is 0 Å². The summed E-state index contributed by atoms with van der Waals surface area (Å²) in [6, 6.07) is 8.05. The second-order valence-corrected chi connectivity index (χ2v) is 5.38. The van der Waals surface area contributed by atoms with Gasteiger partial charge in [-0.05, 0) is 37.8 Å². The molecule has 0 radical (unpaired) electrons. The van der Waals surface area contributed by atoms with Crippen LogP contribution in [-0.4, -0.2) is 41.4 Å². The minimum absolute atomic E-state index is 0.261. The molecular weight excluding hydrogens is 226 g/mol. The molecule has 2 atom stereocenters. The van der Waals surface area contributed by atoms with E-state index in [1.807, 2.05) is 31.2 Å². The molecule has 0 spiro atoms. The third kappa shape index (κ3) is 3.55. The van der Waals surface area contributed by atoms with Gasteiger partial charge in [0.1, 0.15) is 0 Å². The quantitative estimate of drug-likeness (QED) is 0.854. The van der Waals surface area contributed by atoms with Crippen molar-refractivity contribution >= 4 is 0 Å². The highest BCUT2D eigenvalue weighted by Crippen LogP contribution is 2.20. The van der Waals surface area contributed by atoms with Gasteiger partial charge in [0, 0.05) is 19.7 Å². The third-order valence-electron chi connectivity index (χ3n) is 3.75. The summed E-state index contributed by atoms with van der Waals surface area (Å²) in [6.07, 6.45) is 1.79. The van der Waals surface area contributed by atoms with Crippen LogP contribution in [0.5, 0.6) is 0 Å². The van der Waals surface area contributed by atoms with Crippen molar-refractivity contribution < 1.29 is 10.2 Å². The lowest BCUT2D eigenvalue weighted by Crippen LogP contribution is -2.39. The summed E-state index contributed by atoms with van der Waals surface area (Å²) in [5.74, 6) is 0.379. The number of hydrogen-bond donors (Lipinski definition) is 2. The zero-order valence-corrected chi connectivity index (χ0v) is 11.0. The summed E-state index contributed by atoms with van der Waals surface area (Å²) in [4.78, 5) is 2.26. The highest BCUT2D eigenvalue weighted by molar-refractivity contribution is 5.23. The maximum Gasteiger partial charge on any atom is 0.0916 e. The van der Waals surface area contributed by atoms with E-state index >= 15 is 0 Å². The Balaban J connectivity index is 1.90. The maximum atomic E-state index is 10.2. The summed E-state index contributed by atoms with van der Waals surface area (Å²) < 4.78 is 0. The number of aliphatic hydroxyl groups is 2. The molecule has 0 bridgehead atoms. The van der Waals surface area contributed by atoms with Crippen molar-refractivity contribution in [2.45, 2.75) is 25.9 Å². The molecule has 3 nitrogen and oxygen atoms in total. The van der Waals surface area contributed by atoms with Crippen LogP contribution >= 0.6 is 0 Å². The van der Waals surface area contributed by atoms with Crippen LogP contribution in [0.15, 0.2) is 24.3 Å². The molecule has 1 aliphatic heterocycles. The van der Waals surface area contributed by atoms with Gasteiger partial charge in [-0.2, -0.15) is 0 Å². The van der Waals surface area contributed by atoms with E-state index in [0.29, 0.717) is 12.5 Å². The first kappa shape index (κ1) is 13.5. The second-order valence-electron chi connectivity index (χ2n) is 5.38. The molecule has 1 aromatic rings. The monoisotopic (exact) mass is 249 g/mol. The van der Waals surface area contributed by atoms with Crippen LogP contribution in [0.2, 0.25) is 0 Å². The van der Waals surface area contributed by atoms with Crippen molar-refractivity contribution in [2.24, 2.45) is 5.92 Å². The average molecular weight is 249 g/mol. The number of benzene rings is 1. The molecule has 0 aliphatic carbocycles. The van der Waals surface area contributed by atoms with Crippen LogP contribution in [0.25, 0.3) is 0 Å². The number of β-amino-alcohol motifs (C(OH)–C–C–N with tert-alkyl or cyclic N) is 1. The molecule has 1 aliphatic rings. The first-order valence-electron chi connectivity index (χ1n) is 6.77. The van der Waals surface area contributed by atoms with E-state index in [1.54, 1.807) is 0 Å². The molecule has 100 valence electrons. The third-order valence-corrected chi connectivity index (χ3v) is 3.75. The summed E-state index contributed by atoms with van der Waals surface area (Å²) in [5.41, 5.74) is 2.19. The number of aryl methyl sites for hydroxylation is 1. The zero-order chi connectivity index (χ0) is 13.0. The molecule has 18 heavy (non-hydrogen) atoms. The number of piperidine rings is 1. The minimum atomic E-state index is -0.428. The fraction of sp³-hybridized carbons (Fsp3) is 0.600. The molecule has 1 aromatic carbocycles. The predicted molar refractivity (Wildman–Crippen MR) is 72.4 cm³/mol. The number of rotatable bonds is 4. The smallest absolute Gasteiger partial charge is 0.0916 e. The first-order chi connectivity index (χ1) is 8.69. The fourth-order valence-corrected chi connectivity index (χ4v) is 2.60. The average Bonchev–Trinajstić information content (AvgIpc) is 2.39. The highest BCUT2D eigenvalue weighted by atomic mass is 16.3. The van der Waals surface area contributed by atoms with Gasteiger partial charge in [-0.1, -0.05) is 29.8 Å². The van der Waals surface area contributed by atoms with Crippen LogP contribution in [0, 0.1) is 12.8 Å². The maximum absolute atomic E-state index is 10.2. The number of aliphatic hydroxyl groups excluding tert-OH is 2. The Labute approximate surface area is 109 Å². The lowest BCUT2D eigenvalue weighted by atomic mass is 9.98. The van der Waals surface area contributed by atoms with E-state index in [2.05, 4.69) is 4.90 Å². The molecule has 2 N–H and O–H groups in total. The van der Waals surface area contributed by atoms with Crippen molar-refractivity contribution in [1.29, 1.82) is 0 Å². The number of hydrogen-bond acceptors (Lipinski definition) is 3. The topological polar surface area (TPSA) is 43.7 Å². The van der Waals surface area contributed by atoms with Gasteiger partial charge < -0.3 is 15.1 Å². The van der Waals surface area contributed by atoms with E-state index in [4.69, 9.17) is 0 Å². The van der Waals surface area contributed by atoms with Crippen molar-refractivity contribution in [1.82, 2.24) is 4.90 Å². The first-order valence-corrected chi connectivity index (χ1v) is 6.77. The summed E-state index contributed by atoms with van der Waals surface area (Å²) in [6.45, 7) is 4.90. The predicted octanol–water partition coefficient (Wildman–Crippen LogP) is 1.73. The van der Waals surface area contributed by atoms with Gasteiger partial charge in [-0.15, -0.1) is 0 Å². The Hall–Kier alpha value is -0.900. The Morgan fingerprint density at radius 2 is 2.06 bits per heavy atom. The van der Waals surface area contributed by atoms with Crippen molar-refractivity contribution in [2.75, 3.05) is 26.2 Å². The Morgan fingerprint density at radius 1 is 1.33 bits per heavy atom. The van der Waals surface area contributed by atoms with Crippen LogP contribution in [-0.2, 0) is 0 Å². The molecule has 0 amide bonds. The SMILES string of the molecule is Cc1ccc(C(O)CN2CCCC(CO)C2)cc1. The van der Waals surface area contributed by atoms with Gasteiger partial charge in [-0.3, -0.25) is 0 Å². The molecule has 0 aromatic heterocycles. The van der Waals surface area contributed by atoms with E-state index in [-0.39, 0.29) is 6.61 Å². The molecule has 2 rings (SSSR count). The lowest BCUT2D eigenvalue weighted by Gasteiger charge is -2.33. The normalized spacial score (nSPS) is 22.9. The second kappa shape index (κ2) is 6.32. The Morgan fingerprint density at radius 3 is 2.72 bits per heavy atom. The Kier molecular flexibility index (Phi) is 4.75. The van der Waals surface area contributed by atoms with Crippen molar-refractivity contribution in [3.63, 3.8) is 0 Å². The van der Waals surface area contributed by atoms with Gasteiger partial charge in [0.15, 0.2) is 0 Å². The highest BCUT2D eigenvalue weighted by Gasteiger charge is 2.21. The van der Waals surface area contributed by atoms with Crippen molar-refractivity contribution in [3.8, 4) is 0 Å². The number of nitrogens with zero attached hydrogens (tertiary/aromatic N) is 1. The molecule has 1 fully saturated rings. The van der Waals surface area contributed by atoms with E-state index < -0.39 is 6.10 Å². The summed E-state index contributed by atoms with van der Waals surface area (Å²) >= 11 is 0. The zero-order valence-electron chi connectivity index (χ0n) is 11.0. The van der Waals surface area contributed by atoms with Crippen molar-refractivity contribution in [3.05, 3.63) is 35.4 Å². The van der Waals surface area contributed by atoms with E-state index in [9.17, 15) is 10.2 Å². The van der Waals surface area contributed by atoms with E-state index in [0.717, 1.165) is 31.5 Å². The largest absolute Gasteiger partial charge is 0.396 e. The number of likely N-dealkylation sites (tertiary alicyclic amines) is 1. The van der Waals surface area contributed by atoms with Crippen LogP contribution in [0.3, 0.4) is 0 Å². The molecule has 0 saturated carbocycles. The van der Waals surface area contributed by atoms with Gasteiger partial charge in [0.2, 0.25) is 0 Å². The van der Waals surface area contributed by atoms with Gasteiger partial charge in [0.25, 0.3) is 0 Å². The van der Waals surface area contributed by atoms with Crippen LogP contribution in [0.1, 0.15) is 30.1 Å². The minimum Gasteiger partial charge on any atom is -0.396 e. The fourth-order valence-electron chi connectivity index (χ4n) is 2.60. The van der Waals surface area contributed by atoms with Crippen LogP contribution < -0.4 is 0 Å².